The van der Waals surface area contributed by atoms with Crippen LogP contribution in [0.25, 0.3) is 16.7 Å². The number of para-hydroxylation sites is 2. The van der Waals surface area contributed by atoms with Gasteiger partial charge in [0.15, 0.2) is 5.65 Å². The first-order valence-corrected chi connectivity index (χ1v) is 9.87. The zero-order valence-electron chi connectivity index (χ0n) is 16.7. The number of nitrogens with one attached hydrogen (secondary N) is 2. The van der Waals surface area contributed by atoms with Crippen molar-refractivity contribution in [1.82, 2.24) is 34.4 Å². The fourth-order valence-electron chi connectivity index (χ4n) is 3.81. The molecule has 1 fully saturated rings. The number of hydrogen-bond acceptors (Lipinski definition) is 8. The highest BCUT2D eigenvalue weighted by Crippen LogP contribution is 2.19. The lowest BCUT2D eigenvalue weighted by Crippen LogP contribution is -2.54. The summed E-state index contributed by atoms with van der Waals surface area (Å²) in [6, 6.07) is 7.80. The van der Waals surface area contributed by atoms with Gasteiger partial charge < -0.3 is 25.2 Å². The molecule has 30 heavy (non-hydrogen) atoms. The van der Waals surface area contributed by atoms with Crippen LogP contribution in [0.2, 0.25) is 0 Å². The predicted molar refractivity (Wildman–Crippen MR) is 115 cm³/mol. The molecule has 1 aromatic carbocycles. The Balaban J connectivity index is 1.47. The van der Waals surface area contributed by atoms with Gasteiger partial charge in [0.2, 0.25) is 11.9 Å². The summed E-state index contributed by atoms with van der Waals surface area (Å²) >= 11 is 0. The molecule has 0 spiro atoms. The fraction of sp³-hybridized carbons (Fsp3) is 0.368. The number of H-pyrrole nitrogens is 1. The van der Waals surface area contributed by atoms with Crippen LogP contribution in [0.15, 0.2) is 30.5 Å². The van der Waals surface area contributed by atoms with Crippen LogP contribution in [0.5, 0.6) is 0 Å². The van der Waals surface area contributed by atoms with Gasteiger partial charge in [-0.25, -0.2) is 4.98 Å². The molecule has 3 aromatic heterocycles. The zero-order valence-corrected chi connectivity index (χ0v) is 16.7. The maximum absolute atomic E-state index is 9.86. The van der Waals surface area contributed by atoms with E-state index in [0.717, 1.165) is 36.5 Å². The lowest BCUT2D eigenvalue weighted by molar-refractivity contribution is 0.189. The molecule has 1 aliphatic heterocycles. The third-order valence-corrected chi connectivity index (χ3v) is 5.39. The van der Waals surface area contributed by atoms with Crippen molar-refractivity contribution >= 4 is 41.9 Å². The molecule has 2 radical (unpaired) electrons. The SMILES string of the molecule is [B]c1cnn2c(NCc3nc4ccccc4[nH]3)nc(N3CCN(C)CC3CO)nc12. The van der Waals surface area contributed by atoms with Gasteiger partial charge in [-0.2, -0.15) is 19.6 Å². The van der Waals surface area contributed by atoms with E-state index >= 15 is 0 Å². The van der Waals surface area contributed by atoms with Gasteiger partial charge in [0.25, 0.3) is 0 Å². The minimum atomic E-state index is -0.0847. The quantitative estimate of drug-likeness (QED) is 0.384. The third-order valence-electron chi connectivity index (χ3n) is 5.39. The number of aliphatic hydroxyl groups is 1. The molecule has 0 aliphatic carbocycles. The summed E-state index contributed by atoms with van der Waals surface area (Å²) in [7, 11) is 8.14. The van der Waals surface area contributed by atoms with E-state index in [2.05, 4.69) is 30.3 Å². The van der Waals surface area contributed by atoms with Gasteiger partial charge in [-0.3, -0.25) is 0 Å². The van der Waals surface area contributed by atoms with Crippen molar-refractivity contribution in [1.29, 1.82) is 0 Å². The summed E-state index contributed by atoms with van der Waals surface area (Å²) in [5, 5.41) is 17.5. The van der Waals surface area contributed by atoms with E-state index in [9.17, 15) is 5.11 Å². The number of imidazole rings is 1. The zero-order chi connectivity index (χ0) is 20.7. The molecule has 1 atom stereocenters. The number of likely N-dealkylation sites (N-methyl/N-ethyl adjacent to an activating group) is 1. The number of piperazine rings is 1. The second kappa shape index (κ2) is 7.58. The normalized spacial score (nSPS) is 17.8. The van der Waals surface area contributed by atoms with Gasteiger partial charge in [0.05, 0.1) is 30.2 Å². The molecule has 152 valence electrons. The van der Waals surface area contributed by atoms with Gasteiger partial charge in [0.1, 0.15) is 13.7 Å². The van der Waals surface area contributed by atoms with Crippen LogP contribution in [0, 0.1) is 0 Å². The van der Waals surface area contributed by atoms with E-state index in [1.165, 1.54) is 0 Å². The van der Waals surface area contributed by atoms with Gasteiger partial charge in [-0.05, 0) is 24.6 Å². The summed E-state index contributed by atoms with van der Waals surface area (Å²) in [4.78, 5) is 21.4. The molecule has 11 heteroatoms. The van der Waals surface area contributed by atoms with Crippen molar-refractivity contribution < 1.29 is 5.11 Å². The predicted octanol–water partition coefficient (Wildman–Crippen LogP) is -0.481. The molecule has 3 N–H and O–H groups in total. The number of aromatic nitrogens is 6. The van der Waals surface area contributed by atoms with Crippen LogP contribution in [0.3, 0.4) is 0 Å². The van der Waals surface area contributed by atoms with Gasteiger partial charge in [-0.15, -0.1) is 0 Å². The third kappa shape index (κ3) is 3.35. The highest BCUT2D eigenvalue weighted by Gasteiger charge is 2.28. The van der Waals surface area contributed by atoms with Crippen LogP contribution in [-0.4, -0.2) is 86.7 Å². The van der Waals surface area contributed by atoms with Crippen molar-refractivity contribution in [2.45, 2.75) is 12.6 Å². The van der Waals surface area contributed by atoms with Gasteiger partial charge >= 0.3 is 0 Å². The molecule has 1 aliphatic rings. The first-order valence-electron chi connectivity index (χ1n) is 9.87. The molecule has 0 saturated carbocycles. The van der Waals surface area contributed by atoms with E-state index in [1.807, 2.05) is 36.2 Å². The van der Waals surface area contributed by atoms with Crippen molar-refractivity contribution in [3.63, 3.8) is 0 Å². The van der Waals surface area contributed by atoms with E-state index in [-0.39, 0.29) is 12.6 Å². The summed E-state index contributed by atoms with van der Waals surface area (Å²) in [6.07, 6.45) is 1.56. The van der Waals surface area contributed by atoms with E-state index in [0.29, 0.717) is 29.6 Å². The summed E-state index contributed by atoms with van der Waals surface area (Å²) in [6.45, 7) is 2.78. The Labute approximate surface area is 174 Å². The number of anilines is 2. The van der Waals surface area contributed by atoms with Crippen molar-refractivity contribution in [3.05, 3.63) is 36.3 Å². The average molecular weight is 403 g/mol. The van der Waals surface area contributed by atoms with E-state index in [4.69, 9.17) is 12.8 Å². The van der Waals surface area contributed by atoms with Crippen molar-refractivity contribution in [3.8, 4) is 0 Å². The largest absolute Gasteiger partial charge is 0.394 e. The Morgan fingerprint density at radius 2 is 2.10 bits per heavy atom. The Morgan fingerprint density at radius 1 is 1.23 bits per heavy atom. The number of fused-ring (bicyclic) bond motifs is 2. The second-order valence-corrected chi connectivity index (χ2v) is 7.53. The Hall–Kier alpha value is -3.18. The van der Waals surface area contributed by atoms with Gasteiger partial charge in [0, 0.05) is 25.8 Å². The maximum Gasteiger partial charge on any atom is 0.231 e. The average Bonchev–Trinajstić information content (AvgIpc) is 3.35. The maximum atomic E-state index is 9.86. The number of nitrogens with zero attached hydrogens (tertiary/aromatic N) is 7. The Bertz CT molecular complexity index is 1160. The minimum Gasteiger partial charge on any atom is -0.394 e. The highest BCUT2D eigenvalue weighted by atomic mass is 16.3. The van der Waals surface area contributed by atoms with E-state index < -0.39 is 0 Å². The number of aromatic amines is 1. The molecule has 1 unspecified atom stereocenters. The molecule has 4 aromatic rings. The monoisotopic (exact) mass is 403 g/mol. The molecule has 5 rings (SSSR count). The standard InChI is InChI=1S/C19H22BN9O/c1-27-6-7-28(12(10-27)11-30)19-25-17-13(20)8-22-29(17)18(26-19)21-9-16-23-14-4-2-3-5-15(14)24-16/h2-5,8,12,30H,6-7,9-11H2,1H3,(H,23,24)(H,21,25,26). The topological polar surface area (TPSA) is 110 Å². The van der Waals surface area contributed by atoms with Crippen LogP contribution < -0.4 is 15.7 Å². The number of benzene rings is 1. The van der Waals surface area contributed by atoms with Crippen LogP contribution >= 0.6 is 0 Å². The number of rotatable bonds is 5. The molecular formula is C19H22BN9O. The lowest BCUT2D eigenvalue weighted by atomic mass is 10.0. The summed E-state index contributed by atoms with van der Waals surface area (Å²) in [5.74, 6) is 1.83. The van der Waals surface area contributed by atoms with Crippen LogP contribution in [-0.2, 0) is 6.54 Å². The molecule has 0 bridgehead atoms. The molecule has 4 heterocycles. The molecule has 1 saturated heterocycles. The first-order chi connectivity index (χ1) is 14.6. The van der Waals surface area contributed by atoms with Gasteiger partial charge in [-0.1, -0.05) is 12.1 Å². The summed E-state index contributed by atoms with van der Waals surface area (Å²) in [5.41, 5.74) is 2.89. The Kier molecular flexibility index (Phi) is 4.76. The lowest BCUT2D eigenvalue weighted by Gasteiger charge is -2.39. The smallest absolute Gasteiger partial charge is 0.231 e. The summed E-state index contributed by atoms with van der Waals surface area (Å²) < 4.78 is 1.59. The minimum absolute atomic E-state index is 0.0232. The molecule has 0 amide bonds. The highest BCUT2D eigenvalue weighted by molar-refractivity contribution is 6.36. The van der Waals surface area contributed by atoms with Crippen LogP contribution in [0.1, 0.15) is 5.82 Å². The number of aliphatic hydroxyl groups excluding tert-OH is 1. The molecular weight excluding hydrogens is 381 g/mol. The second-order valence-electron chi connectivity index (χ2n) is 7.53. The van der Waals surface area contributed by atoms with Crippen LogP contribution in [0.4, 0.5) is 11.9 Å². The van der Waals surface area contributed by atoms with Crippen molar-refractivity contribution in [2.75, 3.05) is 43.5 Å². The first kappa shape index (κ1) is 18.8. The van der Waals surface area contributed by atoms with Crippen molar-refractivity contribution in [2.24, 2.45) is 0 Å². The molecule has 10 nitrogen and oxygen atoms in total. The number of hydrogen-bond donors (Lipinski definition) is 3. The Morgan fingerprint density at radius 3 is 2.93 bits per heavy atom. The fourth-order valence-corrected chi connectivity index (χ4v) is 3.81. The van der Waals surface area contributed by atoms with E-state index in [1.54, 1.807) is 10.7 Å².